The van der Waals surface area contributed by atoms with E-state index >= 15 is 0 Å². The smallest absolute Gasteiger partial charge is 0.280 e. The van der Waals surface area contributed by atoms with Gasteiger partial charge >= 0.3 is 0 Å². The van der Waals surface area contributed by atoms with E-state index in [1.165, 1.54) is 35.0 Å². The van der Waals surface area contributed by atoms with Crippen LogP contribution < -0.4 is 9.62 Å². The van der Waals surface area contributed by atoms with Gasteiger partial charge in [-0.15, -0.1) is 0 Å². The van der Waals surface area contributed by atoms with Crippen LogP contribution in [0.4, 0.5) is 5.69 Å². The molecule has 0 atom stereocenters. The maximum atomic E-state index is 14.7. The molecule has 0 fully saturated rings. The Balaban J connectivity index is 1.17. The van der Waals surface area contributed by atoms with Crippen LogP contribution in [0.15, 0.2) is 131 Å². The Morgan fingerprint density at radius 1 is 0.825 bits per heavy atom. The lowest BCUT2D eigenvalue weighted by Crippen LogP contribution is -2.37. The first-order valence-electron chi connectivity index (χ1n) is 20.1. The SMILES string of the molecule is CCCCN(C(=O)c1nn(-c2ccc(C(=O)NS(=O)(=O)c3ccc4c(Cl)ccc(Br)c4c3)cc2C(=O)N2CCc3ccccc3C2)c(C)c1Cl)c1cccc(-c2cccc(Cl)c2)c1. The van der Waals surface area contributed by atoms with E-state index in [4.69, 9.17) is 39.9 Å². The molecule has 3 amide bonds. The summed E-state index contributed by atoms with van der Waals surface area (Å²) in [6.07, 6.45) is 2.13. The number of unbranched alkanes of at least 4 members (excludes halogenated alkanes) is 1. The molecule has 1 N–H and O–H groups in total. The zero-order valence-corrected chi connectivity index (χ0v) is 38.7. The van der Waals surface area contributed by atoms with Crippen LogP contribution in [-0.4, -0.2) is 53.9 Å². The predicted molar refractivity (Wildman–Crippen MR) is 253 cm³/mol. The summed E-state index contributed by atoms with van der Waals surface area (Å²) in [5.41, 5.74) is 5.08. The Morgan fingerprint density at radius 2 is 1.57 bits per heavy atom. The third-order valence-corrected chi connectivity index (χ3v) is 14.1. The molecule has 0 radical (unpaired) electrons. The Hall–Kier alpha value is -5.50. The van der Waals surface area contributed by atoms with Gasteiger partial charge in [0.15, 0.2) is 5.69 Å². The lowest BCUT2D eigenvalue weighted by molar-refractivity contribution is 0.0734. The number of amides is 3. The number of aromatic nitrogens is 2. The highest BCUT2D eigenvalue weighted by molar-refractivity contribution is 9.10. The minimum absolute atomic E-state index is 0.0278. The van der Waals surface area contributed by atoms with Gasteiger partial charge in [0, 0.05) is 50.8 Å². The summed E-state index contributed by atoms with van der Waals surface area (Å²) in [6, 6.07) is 35.0. The van der Waals surface area contributed by atoms with Gasteiger partial charge in [0.25, 0.3) is 27.7 Å². The number of hydrogen-bond donors (Lipinski definition) is 1. The number of benzene rings is 6. The molecule has 63 heavy (non-hydrogen) atoms. The van der Waals surface area contributed by atoms with Gasteiger partial charge in [-0.3, -0.25) is 14.4 Å². The van der Waals surface area contributed by atoms with Gasteiger partial charge < -0.3 is 9.80 Å². The topological polar surface area (TPSA) is 122 Å². The van der Waals surface area contributed by atoms with E-state index in [-0.39, 0.29) is 32.4 Å². The number of nitrogens with zero attached hydrogens (tertiary/aromatic N) is 4. The number of nitrogens with one attached hydrogen (secondary N) is 1. The largest absolute Gasteiger partial charge is 0.334 e. The van der Waals surface area contributed by atoms with Crippen molar-refractivity contribution in [2.24, 2.45) is 0 Å². The van der Waals surface area contributed by atoms with Crippen molar-refractivity contribution in [3.05, 3.63) is 175 Å². The first-order chi connectivity index (χ1) is 30.2. The summed E-state index contributed by atoms with van der Waals surface area (Å²) in [5.74, 6) is -1.82. The molecule has 0 spiro atoms. The van der Waals surface area contributed by atoms with Crippen LogP contribution in [0.2, 0.25) is 15.1 Å². The predicted octanol–water partition coefficient (Wildman–Crippen LogP) is 11.5. The Morgan fingerprint density at radius 3 is 2.33 bits per heavy atom. The fourth-order valence-electron chi connectivity index (χ4n) is 7.70. The van der Waals surface area contributed by atoms with Crippen molar-refractivity contribution < 1.29 is 22.8 Å². The molecule has 0 saturated heterocycles. The molecule has 2 heterocycles. The number of rotatable bonds is 11. The van der Waals surface area contributed by atoms with Gasteiger partial charge in [-0.05, 0) is 114 Å². The number of fused-ring (bicyclic) bond motifs is 2. The van der Waals surface area contributed by atoms with E-state index < -0.39 is 27.7 Å². The summed E-state index contributed by atoms with van der Waals surface area (Å²) in [7, 11) is -4.40. The number of carbonyl (C=O) groups is 3. The monoisotopic (exact) mass is 981 g/mol. The number of halogens is 4. The fraction of sp³-hybridized carbons (Fsp3) is 0.167. The summed E-state index contributed by atoms with van der Waals surface area (Å²) in [4.78, 5) is 46.3. The second kappa shape index (κ2) is 18.3. The van der Waals surface area contributed by atoms with Gasteiger partial charge in [0.05, 0.1) is 26.9 Å². The van der Waals surface area contributed by atoms with Crippen LogP contribution in [0.5, 0.6) is 0 Å². The molecular formula is C48H39BrCl3N5O5S. The molecule has 1 aliphatic heterocycles. The van der Waals surface area contributed by atoms with Crippen molar-refractivity contribution in [1.29, 1.82) is 0 Å². The number of hydrogen-bond acceptors (Lipinski definition) is 6. The van der Waals surface area contributed by atoms with Gasteiger partial charge in [-0.2, -0.15) is 5.10 Å². The van der Waals surface area contributed by atoms with Crippen LogP contribution in [0, 0.1) is 6.92 Å². The van der Waals surface area contributed by atoms with Crippen LogP contribution in [0.1, 0.15) is 67.8 Å². The molecule has 15 heteroatoms. The highest BCUT2D eigenvalue weighted by atomic mass is 79.9. The molecule has 8 rings (SSSR count). The number of anilines is 1. The van der Waals surface area contributed by atoms with Crippen molar-refractivity contribution in [3.63, 3.8) is 0 Å². The van der Waals surface area contributed by atoms with E-state index in [1.54, 1.807) is 41.0 Å². The highest BCUT2D eigenvalue weighted by Crippen LogP contribution is 2.34. The molecular weight excluding hydrogens is 945 g/mol. The van der Waals surface area contributed by atoms with Gasteiger partial charge in [0.1, 0.15) is 0 Å². The fourth-order valence-corrected chi connectivity index (χ4v) is 9.78. The lowest BCUT2D eigenvalue weighted by atomic mass is 9.98. The van der Waals surface area contributed by atoms with E-state index in [9.17, 15) is 22.8 Å². The molecule has 6 aromatic carbocycles. The third kappa shape index (κ3) is 9.01. The van der Waals surface area contributed by atoms with Gasteiger partial charge in [0.2, 0.25) is 0 Å². The van der Waals surface area contributed by atoms with Crippen LogP contribution >= 0.6 is 50.7 Å². The minimum Gasteiger partial charge on any atom is -0.334 e. The molecule has 1 aromatic heterocycles. The average Bonchev–Trinajstić information content (AvgIpc) is 3.59. The Labute approximate surface area is 388 Å². The van der Waals surface area contributed by atoms with Crippen molar-refractivity contribution in [3.8, 4) is 16.8 Å². The van der Waals surface area contributed by atoms with Crippen molar-refractivity contribution in [1.82, 2.24) is 19.4 Å². The van der Waals surface area contributed by atoms with E-state index in [2.05, 4.69) is 20.7 Å². The van der Waals surface area contributed by atoms with Crippen LogP contribution in [-0.2, 0) is 23.0 Å². The molecule has 320 valence electrons. The summed E-state index contributed by atoms with van der Waals surface area (Å²) in [5, 5.41) is 7.05. The van der Waals surface area contributed by atoms with E-state index in [0.29, 0.717) is 69.1 Å². The maximum absolute atomic E-state index is 14.7. The molecule has 0 aliphatic carbocycles. The molecule has 7 aromatic rings. The second-order valence-corrected chi connectivity index (χ2v) is 18.9. The normalized spacial score (nSPS) is 12.6. The first-order valence-corrected chi connectivity index (χ1v) is 23.5. The molecule has 1 aliphatic rings. The minimum atomic E-state index is -4.40. The van der Waals surface area contributed by atoms with E-state index in [1.807, 2.05) is 73.7 Å². The standard InChI is InChI=1S/C48H39BrCl3N5O5S/c1-3-4-22-56(36-14-8-12-32(25-36)31-11-7-13-35(50)24-31)48(60)45-44(52)29(2)57(53-45)43-20-15-33(26-40(43)47(59)55-23-21-30-9-5-6-10-34(30)28-55)46(58)54-63(61,62)37-16-17-38-39(27-37)41(49)18-19-42(38)51/h5-20,24-27H,3-4,21-23,28H2,1-2H3,(H,54,58). The van der Waals surface area contributed by atoms with Crippen molar-refractivity contribution in [2.45, 2.75) is 44.6 Å². The number of sulfonamides is 1. The first kappa shape index (κ1) is 44.1. The van der Waals surface area contributed by atoms with Gasteiger partial charge in [-0.25, -0.2) is 17.8 Å². The van der Waals surface area contributed by atoms with Crippen LogP contribution in [0.25, 0.3) is 27.6 Å². The molecule has 0 saturated carbocycles. The third-order valence-electron chi connectivity index (χ3n) is 11.1. The Kier molecular flexibility index (Phi) is 12.8. The van der Waals surface area contributed by atoms with Crippen LogP contribution in [0.3, 0.4) is 0 Å². The van der Waals surface area contributed by atoms with E-state index in [0.717, 1.165) is 28.7 Å². The average molecular weight is 984 g/mol. The zero-order chi connectivity index (χ0) is 44.6. The molecule has 0 bridgehead atoms. The summed E-state index contributed by atoms with van der Waals surface area (Å²) < 4.78 is 31.6. The van der Waals surface area contributed by atoms with Crippen molar-refractivity contribution >= 4 is 94.9 Å². The quantitative estimate of drug-likeness (QED) is 0.138. The van der Waals surface area contributed by atoms with Gasteiger partial charge in [-0.1, -0.05) is 119 Å². The second-order valence-electron chi connectivity index (χ2n) is 15.2. The number of carbonyl (C=O) groups excluding carboxylic acids is 3. The summed E-state index contributed by atoms with van der Waals surface area (Å²) >= 11 is 23.1. The molecule has 0 unspecified atom stereocenters. The lowest BCUT2D eigenvalue weighted by Gasteiger charge is -2.29. The van der Waals surface area contributed by atoms with Crippen molar-refractivity contribution in [2.75, 3.05) is 18.0 Å². The highest BCUT2D eigenvalue weighted by Gasteiger charge is 2.31. The molecule has 10 nitrogen and oxygen atoms in total. The Bertz CT molecular complexity index is 3080. The zero-order valence-electron chi connectivity index (χ0n) is 34.0. The summed E-state index contributed by atoms with van der Waals surface area (Å²) in [6.45, 7) is 4.81. The maximum Gasteiger partial charge on any atom is 0.280 e.